The molecule has 1 aromatic heterocycles. The third-order valence-electron chi connectivity index (χ3n) is 6.82. The number of benzene rings is 1. The van der Waals surface area contributed by atoms with Crippen LogP contribution in [0.5, 0.6) is 0 Å². The molecular formula is C23H31N3O2S. The molecule has 2 aliphatic rings. The Morgan fingerprint density at radius 1 is 1.14 bits per heavy atom. The highest BCUT2D eigenvalue weighted by Crippen LogP contribution is 2.38. The molecule has 1 aromatic carbocycles. The van der Waals surface area contributed by atoms with Gasteiger partial charge in [0.1, 0.15) is 0 Å². The number of carbonyl (C=O) groups excluding carboxylic acids is 1. The van der Waals surface area contributed by atoms with Gasteiger partial charge in [0, 0.05) is 12.1 Å². The predicted octanol–water partition coefficient (Wildman–Crippen LogP) is 4.54. The van der Waals surface area contributed by atoms with E-state index >= 15 is 0 Å². The highest BCUT2D eigenvalue weighted by Gasteiger charge is 2.31. The summed E-state index contributed by atoms with van der Waals surface area (Å²) in [5, 5.41) is 4.49. The zero-order chi connectivity index (χ0) is 20.4. The first-order valence-corrected chi connectivity index (χ1v) is 12.0. The van der Waals surface area contributed by atoms with Crippen molar-refractivity contribution in [3.05, 3.63) is 34.6 Å². The molecule has 0 bridgehead atoms. The van der Waals surface area contributed by atoms with Crippen LogP contribution >= 0.6 is 11.8 Å². The van der Waals surface area contributed by atoms with E-state index in [9.17, 15) is 9.59 Å². The van der Waals surface area contributed by atoms with Gasteiger partial charge >= 0.3 is 0 Å². The maximum Gasteiger partial charge on any atom is 0.262 e. The van der Waals surface area contributed by atoms with Gasteiger partial charge in [-0.3, -0.25) is 14.2 Å². The van der Waals surface area contributed by atoms with Crippen LogP contribution in [0.1, 0.15) is 64.8 Å². The lowest BCUT2D eigenvalue weighted by atomic mass is 9.78. The van der Waals surface area contributed by atoms with E-state index in [1.807, 2.05) is 28.8 Å². The van der Waals surface area contributed by atoms with Crippen LogP contribution in [0.3, 0.4) is 0 Å². The summed E-state index contributed by atoms with van der Waals surface area (Å²) in [4.78, 5) is 30.7. The molecule has 2 aliphatic carbocycles. The third kappa shape index (κ3) is 4.37. The fourth-order valence-electron chi connectivity index (χ4n) is 4.91. The van der Waals surface area contributed by atoms with Gasteiger partial charge in [-0.05, 0) is 43.2 Å². The normalized spacial score (nSPS) is 25.4. The average molecular weight is 414 g/mol. The Labute approximate surface area is 176 Å². The van der Waals surface area contributed by atoms with Crippen molar-refractivity contribution < 1.29 is 4.79 Å². The van der Waals surface area contributed by atoms with Gasteiger partial charge in [-0.25, -0.2) is 4.98 Å². The molecular weight excluding hydrogens is 382 g/mol. The van der Waals surface area contributed by atoms with Gasteiger partial charge in [0.05, 0.1) is 16.7 Å². The molecule has 3 atom stereocenters. The summed E-state index contributed by atoms with van der Waals surface area (Å²) in [5.41, 5.74) is 0.740. The largest absolute Gasteiger partial charge is 0.353 e. The fraction of sp³-hybridized carbons (Fsp3) is 0.609. The summed E-state index contributed by atoms with van der Waals surface area (Å²) in [5.74, 6) is 1.34. The van der Waals surface area contributed by atoms with E-state index in [2.05, 4.69) is 19.2 Å². The van der Waals surface area contributed by atoms with Crippen molar-refractivity contribution in [2.24, 2.45) is 11.8 Å². The number of thioether (sulfide) groups is 1. The van der Waals surface area contributed by atoms with E-state index < -0.39 is 0 Å². The molecule has 0 spiro atoms. The van der Waals surface area contributed by atoms with Crippen LogP contribution in [0.15, 0.2) is 34.2 Å². The maximum absolute atomic E-state index is 13.4. The number of hydrogen-bond donors (Lipinski definition) is 1. The SMILES string of the molecule is C[C@H]1[C@H](n2c(SCC(=O)NC3CCCC3)nc3ccccc3c2=O)CCC[C@@H]1C. The van der Waals surface area contributed by atoms with E-state index in [4.69, 9.17) is 4.98 Å². The molecule has 6 heteroatoms. The molecule has 0 unspecified atom stereocenters. The van der Waals surface area contributed by atoms with Crippen molar-refractivity contribution in [3.8, 4) is 0 Å². The van der Waals surface area contributed by atoms with Crippen LogP contribution < -0.4 is 10.9 Å². The molecule has 0 saturated heterocycles. The first-order valence-electron chi connectivity index (χ1n) is 11.0. The summed E-state index contributed by atoms with van der Waals surface area (Å²) >= 11 is 1.40. The number of para-hydroxylation sites is 1. The molecule has 2 saturated carbocycles. The Morgan fingerprint density at radius 3 is 2.69 bits per heavy atom. The summed E-state index contributed by atoms with van der Waals surface area (Å²) < 4.78 is 1.90. The average Bonchev–Trinajstić information content (AvgIpc) is 3.22. The quantitative estimate of drug-likeness (QED) is 0.577. The van der Waals surface area contributed by atoms with Crippen LogP contribution in [0.4, 0.5) is 0 Å². The second-order valence-electron chi connectivity index (χ2n) is 8.76. The van der Waals surface area contributed by atoms with Gasteiger partial charge in [-0.15, -0.1) is 0 Å². The van der Waals surface area contributed by atoms with Crippen molar-refractivity contribution in [2.75, 3.05) is 5.75 Å². The monoisotopic (exact) mass is 413 g/mol. The topological polar surface area (TPSA) is 64.0 Å². The van der Waals surface area contributed by atoms with E-state index in [1.54, 1.807) is 0 Å². The van der Waals surface area contributed by atoms with Gasteiger partial charge in [-0.2, -0.15) is 0 Å². The lowest BCUT2D eigenvalue weighted by Gasteiger charge is -2.36. The third-order valence-corrected chi connectivity index (χ3v) is 7.78. The Morgan fingerprint density at radius 2 is 1.90 bits per heavy atom. The number of carbonyl (C=O) groups is 1. The highest BCUT2D eigenvalue weighted by atomic mass is 32.2. The number of nitrogens with one attached hydrogen (secondary N) is 1. The van der Waals surface area contributed by atoms with Crippen molar-refractivity contribution >= 4 is 28.6 Å². The van der Waals surface area contributed by atoms with Crippen LogP contribution in [0.25, 0.3) is 10.9 Å². The van der Waals surface area contributed by atoms with Crippen LogP contribution in [-0.4, -0.2) is 27.3 Å². The van der Waals surface area contributed by atoms with Crippen LogP contribution in [0.2, 0.25) is 0 Å². The Kier molecular flexibility index (Phi) is 6.28. The maximum atomic E-state index is 13.4. The predicted molar refractivity (Wildman–Crippen MR) is 118 cm³/mol. The minimum absolute atomic E-state index is 0.0280. The molecule has 1 N–H and O–H groups in total. The lowest BCUT2D eigenvalue weighted by molar-refractivity contribution is -0.119. The van der Waals surface area contributed by atoms with Crippen molar-refractivity contribution in [1.29, 1.82) is 0 Å². The van der Waals surface area contributed by atoms with E-state index in [1.165, 1.54) is 31.0 Å². The van der Waals surface area contributed by atoms with Crippen molar-refractivity contribution in [1.82, 2.24) is 14.9 Å². The summed E-state index contributed by atoms with van der Waals surface area (Å²) in [6, 6.07) is 8.00. The van der Waals surface area contributed by atoms with E-state index in [-0.39, 0.29) is 17.5 Å². The first-order chi connectivity index (χ1) is 14.0. The molecule has 4 rings (SSSR count). The summed E-state index contributed by atoms with van der Waals surface area (Å²) in [6.07, 6.45) is 7.87. The van der Waals surface area contributed by atoms with Crippen LogP contribution in [-0.2, 0) is 4.79 Å². The van der Waals surface area contributed by atoms with Gasteiger partial charge < -0.3 is 5.32 Å². The molecule has 2 fully saturated rings. The molecule has 5 nitrogen and oxygen atoms in total. The Hall–Kier alpha value is -1.82. The molecule has 1 amide bonds. The zero-order valence-corrected chi connectivity index (χ0v) is 18.2. The Bertz CT molecular complexity index is 935. The molecule has 29 heavy (non-hydrogen) atoms. The van der Waals surface area contributed by atoms with E-state index in [0.29, 0.717) is 39.7 Å². The number of fused-ring (bicyclic) bond motifs is 1. The Balaban J connectivity index is 1.64. The van der Waals surface area contributed by atoms with Gasteiger partial charge in [0.25, 0.3) is 5.56 Å². The molecule has 0 aliphatic heterocycles. The number of rotatable bonds is 5. The summed E-state index contributed by atoms with van der Waals surface area (Å²) in [7, 11) is 0. The fourth-order valence-corrected chi connectivity index (χ4v) is 5.77. The highest BCUT2D eigenvalue weighted by molar-refractivity contribution is 7.99. The minimum Gasteiger partial charge on any atom is -0.353 e. The van der Waals surface area contributed by atoms with Gasteiger partial charge in [0.15, 0.2) is 5.16 Å². The van der Waals surface area contributed by atoms with Crippen LogP contribution in [0, 0.1) is 11.8 Å². The first kappa shape index (κ1) is 20.5. The second-order valence-corrected chi connectivity index (χ2v) is 9.70. The summed E-state index contributed by atoms with van der Waals surface area (Å²) in [6.45, 7) is 4.52. The second kappa shape index (κ2) is 8.90. The smallest absolute Gasteiger partial charge is 0.262 e. The van der Waals surface area contributed by atoms with Crippen molar-refractivity contribution in [3.63, 3.8) is 0 Å². The number of nitrogens with zero attached hydrogens (tertiary/aromatic N) is 2. The lowest BCUT2D eigenvalue weighted by Crippen LogP contribution is -2.36. The molecule has 156 valence electrons. The number of amides is 1. The zero-order valence-electron chi connectivity index (χ0n) is 17.4. The van der Waals surface area contributed by atoms with Crippen molar-refractivity contribution in [2.45, 2.75) is 76.0 Å². The number of hydrogen-bond acceptors (Lipinski definition) is 4. The minimum atomic E-state index is 0.0280. The molecule has 1 heterocycles. The van der Waals surface area contributed by atoms with Gasteiger partial charge in [-0.1, -0.05) is 63.4 Å². The molecule has 0 radical (unpaired) electrons. The van der Waals surface area contributed by atoms with Gasteiger partial charge in [0.2, 0.25) is 5.91 Å². The van der Waals surface area contributed by atoms with E-state index in [0.717, 1.165) is 25.7 Å². The molecule has 2 aromatic rings. The standard InChI is InChI=1S/C23H31N3O2S/c1-15-8-7-13-20(16(15)2)26-22(28)18-11-5-6-12-19(18)25-23(26)29-14-21(27)24-17-9-3-4-10-17/h5-6,11-12,15-17,20H,3-4,7-10,13-14H2,1-2H3,(H,24,27)/t15-,16+,20+/m0/s1. The number of aromatic nitrogens is 2.